The van der Waals surface area contributed by atoms with E-state index in [1.54, 1.807) is 37.3 Å². The number of aliphatic carboxylic acids is 1. The number of hydrogen-bond donors (Lipinski definition) is 2. The van der Waals surface area contributed by atoms with Gasteiger partial charge in [0.2, 0.25) is 5.16 Å². The third-order valence-electron chi connectivity index (χ3n) is 2.48. The second kappa shape index (κ2) is 6.94. The molecule has 0 amide bonds. The van der Waals surface area contributed by atoms with E-state index in [2.05, 4.69) is 15.2 Å². The Morgan fingerprint density at radius 1 is 1.43 bits per heavy atom. The van der Waals surface area contributed by atoms with Crippen LogP contribution in [0.3, 0.4) is 0 Å². The molecule has 0 saturated carbocycles. The van der Waals surface area contributed by atoms with Crippen molar-refractivity contribution in [2.24, 2.45) is 0 Å². The lowest BCUT2D eigenvalue weighted by Crippen LogP contribution is -1.97. The molecule has 0 aliphatic heterocycles. The van der Waals surface area contributed by atoms with Crippen LogP contribution >= 0.6 is 11.8 Å². The normalized spacial score (nSPS) is 11.4. The molecule has 0 aliphatic rings. The first-order valence-electron chi connectivity index (χ1n) is 6.33. The molecule has 0 unspecified atom stereocenters. The number of aryl methyl sites for hydroxylation is 1. The number of nitrogens with zero attached hydrogens (tertiary/aromatic N) is 2. The molecule has 0 saturated heterocycles. The number of nitrogens with one attached hydrogen (secondary N) is 1. The highest BCUT2D eigenvalue weighted by molar-refractivity contribution is 8.04. The molecule has 7 heteroatoms. The van der Waals surface area contributed by atoms with Gasteiger partial charge in [-0.15, -0.1) is 5.10 Å². The van der Waals surface area contributed by atoms with Gasteiger partial charge in [0.05, 0.1) is 6.61 Å². The minimum Gasteiger partial charge on any atom is -0.494 e. The largest absolute Gasteiger partial charge is 0.494 e. The van der Waals surface area contributed by atoms with Crippen LogP contribution in [0.25, 0.3) is 6.08 Å². The fraction of sp³-hybridized carbons (Fsp3) is 0.214. The standard InChI is InChI=1S/C14H15N3O3S/c1-3-20-11-6-4-10(5-7-11)8-12(13(18)19)21-14-15-9(2)16-17-14/h4-8H,3H2,1-2H3,(H,18,19)(H,15,16,17)/b12-8+. The van der Waals surface area contributed by atoms with Crippen molar-refractivity contribution in [3.05, 3.63) is 40.6 Å². The molecule has 0 fully saturated rings. The topological polar surface area (TPSA) is 88.1 Å². The lowest BCUT2D eigenvalue weighted by Gasteiger charge is -2.03. The van der Waals surface area contributed by atoms with E-state index in [0.29, 0.717) is 17.6 Å². The smallest absolute Gasteiger partial charge is 0.342 e. The van der Waals surface area contributed by atoms with Crippen molar-refractivity contribution in [3.63, 3.8) is 0 Å². The van der Waals surface area contributed by atoms with Gasteiger partial charge in [0.25, 0.3) is 0 Å². The molecule has 0 bridgehead atoms. The summed E-state index contributed by atoms with van der Waals surface area (Å²) >= 11 is 1.00. The Hall–Kier alpha value is -2.28. The summed E-state index contributed by atoms with van der Waals surface area (Å²) in [5, 5.41) is 16.2. The number of aromatic nitrogens is 3. The van der Waals surface area contributed by atoms with E-state index < -0.39 is 5.97 Å². The first-order chi connectivity index (χ1) is 10.1. The number of rotatable bonds is 6. The van der Waals surface area contributed by atoms with Gasteiger partial charge in [-0.2, -0.15) is 0 Å². The summed E-state index contributed by atoms with van der Waals surface area (Å²) in [7, 11) is 0. The van der Waals surface area contributed by atoms with Crippen LogP contribution in [-0.2, 0) is 4.79 Å². The second-order valence-electron chi connectivity index (χ2n) is 4.12. The Balaban J connectivity index is 2.18. The van der Waals surface area contributed by atoms with E-state index >= 15 is 0 Å². The van der Waals surface area contributed by atoms with Crippen molar-refractivity contribution in [1.82, 2.24) is 15.2 Å². The third-order valence-corrected chi connectivity index (χ3v) is 3.36. The maximum absolute atomic E-state index is 11.3. The SMILES string of the molecule is CCOc1ccc(/C=C(/Sc2n[nH]c(C)n2)C(=O)O)cc1. The number of carboxylic acid groups (broad SMARTS) is 1. The van der Waals surface area contributed by atoms with Crippen molar-refractivity contribution >= 4 is 23.8 Å². The quantitative estimate of drug-likeness (QED) is 0.630. The number of carbonyl (C=O) groups is 1. The van der Waals surface area contributed by atoms with E-state index in [4.69, 9.17) is 4.74 Å². The van der Waals surface area contributed by atoms with Gasteiger partial charge in [0.15, 0.2) is 0 Å². The molecule has 21 heavy (non-hydrogen) atoms. The van der Waals surface area contributed by atoms with E-state index in [9.17, 15) is 9.90 Å². The number of ether oxygens (including phenoxy) is 1. The summed E-state index contributed by atoms with van der Waals surface area (Å²) in [6.45, 7) is 4.26. The predicted molar refractivity (Wildman–Crippen MR) is 80.2 cm³/mol. The van der Waals surface area contributed by atoms with E-state index in [1.165, 1.54) is 0 Å². The molecule has 2 rings (SSSR count). The van der Waals surface area contributed by atoms with Crippen LogP contribution in [0.5, 0.6) is 5.75 Å². The Bertz CT molecular complexity index is 650. The fourth-order valence-corrected chi connectivity index (χ4v) is 2.33. The Kier molecular flexibility index (Phi) is 4.99. The van der Waals surface area contributed by atoms with Gasteiger partial charge in [-0.3, -0.25) is 5.10 Å². The van der Waals surface area contributed by atoms with E-state index in [1.807, 2.05) is 6.92 Å². The predicted octanol–water partition coefficient (Wildman–Crippen LogP) is 2.73. The molecule has 0 spiro atoms. The number of aromatic amines is 1. The molecule has 2 N–H and O–H groups in total. The zero-order valence-electron chi connectivity index (χ0n) is 11.7. The summed E-state index contributed by atoms with van der Waals surface area (Å²) in [6.07, 6.45) is 1.58. The molecule has 0 aliphatic carbocycles. The lowest BCUT2D eigenvalue weighted by atomic mass is 10.2. The summed E-state index contributed by atoms with van der Waals surface area (Å²) in [4.78, 5) is 15.5. The molecule has 1 aromatic heterocycles. The molecular weight excluding hydrogens is 290 g/mol. The Morgan fingerprint density at radius 3 is 2.67 bits per heavy atom. The van der Waals surface area contributed by atoms with Crippen LogP contribution in [0.15, 0.2) is 34.3 Å². The summed E-state index contributed by atoms with van der Waals surface area (Å²) in [6, 6.07) is 7.21. The van der Waals surface area contributed by atoms with Crippen molar-refractivity contribution < 1.29 is 14.6 Å². The highest BCUT2D eigenvalue weighted by atomic mass is 32.2. The Morgan fingerprint density at radius 2 is 2.14 bits per heavy atom. The summed E-state index contributed by atoms with van der Waals surface area (Å²) < 4.78 is 5.35. The minimum absolute atomic E-state index is 0.151. The fourth-order valence-electron chi connectivity index (χ4n) is 1.58. The molecule has 1 heterocycles. The maximum atomic E-state index is 11.3. The summed E-state index contributed by atoms with van der Waals surface area (Å²) in [5.74, 6) is 0.378. The van der Waals surface area contributed by atoms with Gasteiger partial charge < -0.3 is 9.84 Å². The highest BCUT2D eigenvalue weighted by Gasteiger charge is 2.12. The monoisotopic (exact) mass is 305 g/mol. The third kappa shape index (κ3) is 4.35. The molecule has 0 radical (unpaired) electrons. The molecule has 110 valence electrons. The van der Waals surface area contributed by atoms with Crippen LogP contribution in [0.2, 0.25) is 0 Å². The van der Waals surface area contributed by atoms with E-state index in [-0.39, 0.29) is 4.91 Å². The first-order valence-corrected chi connectivity index (χ1v) is 7.15. The molecule has 1 aromatic carbocycles. The molecule has 0 atom stereocenters. The molecule has 6 nitrogen and oxygen atoms in total. The molecule has 2 aromatic rings. The average molecular weight is 305 g/mol. The van der Waals surface area contributed by atoms with Crippen LogP contribution < -0.4 is 4.74 Å². The number of hydrogen-bond acceptors (Lipinski definition) is 5. The number of carboxylic acids is 1. The van der Waals surface area contributed by atoms with Gasteiger partial charge in [-0.05, 0) is 49.4 Å². The number of thioether (sulfide) groups is 1. The number of H-pyrrole nitrogens is 1. The van der Waals surface area contributed by atoms with Crippen molar-refractivity contribution in [1.29, 1.82) is 0 Å². The van der Waals surface area contributed by atoms with Crippen LogP contribution in [-0.4, -0.2) is 32.9 Å². The summed E-state index contributed by atoms with van der Waals surface area (Å²) in [5.41, 5.74) is 0.774. The first kappa shape index (κ1) is 15.1. The minimum atomic E-state index is -1.02. The second-order valence-corrected chi connectivity index (χ2v) is 5.13. The van der Waals surface area contributed by atoms with Gasteiger partial charge in [0, 0.05) is 0 Å². The van der Waals surface area contributed by atoms with Crippen LogP contribution in [0.4, 0.5) is 0 Å². The maximum Gasteiger partial charge on any atom is 0.342 e. The zero-order valence-corrected chi connectivity index (χ0v) is 12.5. The lowest BCUT2D eigenvalue weighted by molar-refractivity contribution is -0.131. The highest BCUT2D eigenvalue weighted by Crippen LogP contribution is 2.26. The van der Waals surface area contributed by atoms with Crippen LogP contribution in [0, 0.1) is 6.92 Å². The number of benzene rings is 1. The molecular formula is C14H15N3O3S. The van der Waals surface area contributed by atoms with Crippen molar-refractivity contribution in [2.45, 2.75) is 19.0 Å². The van der Waals surface area contributed by atoms with E-state index in [0.717, 1.165) is 23.1 Å². The average Bonchev–Trinajstić information content (AvgIpc) is 2.86. The van der Waals surface area contributed by atoms with Gasteiger partial charge in [-0.25, -0.2) is 9.78 Å². The van der Waals surface area contributed by atoms with Crippen molar-refractivity contribution in [2.75, 3.05) is 6.61 Å². The van der Waals surface area contributed by atoms with Crippen molar-refractivity contribution in [3.8, 4) is 5.75 Å². The van der Waals surface area contributed by atoms with Crippen LogP contribution in [0.1, 0.15) is 18.3 Å². The van der Waals surface area contributed by atoms with Gasteiger partial charge in [0.1, 0.15) is 16.5 Å². The Labute approximate surface area is 126 Å². The zero-order chi connectivity index (χ0) is 15.2. The van der Waals surface area contributed by atoms with Gasteiger partial charge in [-0.1, -0.05) is 12.1 Å². The van der Waals surface area contributed by atoms with Gasteiger partial charge >= 0.3 is 5.97 Å².